The Hall–Kier alpha value is -2.61. The molecule has 1 atom stereocenters. The van der Waals surface area contributed by atoms with E-state index in [2.05, 4.69) is 17.2 Å². The van der Waals surface area contributed by atoms with Crippen molar-refractivity contribution >= 4 is 17.7 Å². The van der Waals surface area contributed by atoms with Gasteiger partial charge in [0.2, 0.25) is 11.8 Å². The zero-order chi connectivity index (χ0) is 19.8. The monoisotopic (exact) mass is 380 g/mol. The Morgan fingerprint density at radius 2 is 1.82 bits per heavy atom. The maximum Gasteiger partial charge on any atom is 0.251 e. The lowest BCUT2D eigenvalue weighted by molar-refractivity contribution is -0.138. The van der Waals surface area contributed by atoms with Crippen LogP contribution in [0.3, 0.4) is 0 Å². The quantitative estimate of drug-likeness (QED) is 0.449. The fourth-order valence-electron chi connectivity index (χ4n) is 3.71. The summed E-state index contributed by atoms with van der Waals surface area (Å²) < 4.78 is 0. The van der Waals surface area contributed by atoms with E-state index in [0.717, 1.165) is 19.3 Å². The molecule has 1 N–H and O–H groups in total. The predicted octanol–water partition coefficient (Wildman–Crippen LogP) is 3.08. The van der Waals surface area contributed by atoms with E-state index >= 15 is 0 Å². The minimum Gasteiger partial charge on any atom is -0.352 e. The molecule has 0 radical (unpaired) electrons. The molecule has 1 aliphatic heterocycles. The van der Waals surface area contributed by atoms with E-state index in [9.17, 15) is 14.4 Å². The first-order valence-corrected chi connectivity index (χ1v) is 10.3. The van der Waals surface area contributed by atoms with Crippen molar-refractivity contribution in [1.82, 2.24) is 10.2 Å². The van der Waals surface area contributed by atoms with Crippen molar-refractivity contribution in [2.45, 2.75) is 57.8 Å². The predicted molar refractivity (Wildman–Crippen MR) is 107 cm³/mol. The van der Waals surface area contributed by atoms with E-state index in [1.807, 2.05) is 24.3 Å². The van der Waals surface area contributed by atoms with E-state index in [1.54, 1.807) is 0 Å². The smallest absolute Gasteiger partial charge is 0.251 e. The van der Waals surface area contributed by atoms with Gasteiger partial charge in [-0.25, -0.2) is 0 Å². The highest BCUT2D eigenvalue weighted by atomic mass is 16.2. The molecule has 1 unspecified atom stereocenters. The second-order valence-corrected chi connectivity index (χ2v) is 7.57. The van der Waals surface area contributed by atoms with Gasteiger partial charge >= 0.3 is 0 Å². The minimum atomic E-state index is -0.128. The highest BCUT2D eigenvalue weighted by molar-refractivity contribution is 6.01. The van der Waals surface area contributed by atoms with Crippen LogP contribution in [0.5, 0.6) is 0 Å². The highest BCUT2D eigenvalue weighted by Crippen LogP contribution is 2.18. The highest BCUT2D eigenvalue weighted by Gasteiger charge is 2.27. The fraction of sp³-hybridized carbons (Fsp3) is 0.522. The zero-order valence-electron chi connectivity index (χ0n) is 16.3. The van der Waals surface area contributed by atoms with Gasteiger partial charge in [0.25, 0.3) is 5.91 Å². The molecule has 3 amide bonds. The lowest BCUT2D eigenvalue weighted by Gasteiger charge is -2.14. The van der Waals surface area contributed by atoms with Gasteiger partial charge in [0.1, 0.15) is 0 Å². The van der Waals surface area contributed by atoms with Crippen molar-refractivity contribution in [2.75, 3.05) is 13.1 Å². The molecule has 2 aliphatic rings. The van der Waals surface area contributed by atoms with Gasteiger partial charge in [-0.2, -0.15) is 0 Å². The third-order valence-electron chi connectivity index (χ3n) is 5.36. The second-order valence-electron chi connectivity index (χ2n) is 7.57. The molecule has 5 nitrogen and oxygen atoms in total. The number of rotatable bonds is 7. The van der Waals surface area contributed by atoms with Crippen LogP contribution in [0.2, 0.25) is 0 Å². The van der Waals surface area contributed by atoms with Crippen LogP contribution in [-0.4, -0.2) is 35.7 Å². The van der Waals surface area contributed by atoms with Gasteiger partial charge in [-0.1, -0.05) is 30.9 Å². The molecule has 1 heterocycles. The zero-order valence-corrected chi connectivity index (χ0v) is 16.3. The summed E-state index contributed by atoms with van der Waals surface area (Å²) in [4.78, 5) is 36.7. The van der Waals surface area contributed by atoms with Gasteiger partial charge in [0, 0.05) is 43.8 Å². The third-order valence-corrected chi connectivity index (χ3v) is 5.36. The fourth-order valence-corrected chi connectivity index (χ4v) is 3.71. The van der Waals surface area contributed by atoms with E-state index in [4.69, 9.17) is 0 Å². The number of likely N-dealkylation sites (tertiary alicyclic amines) is 1. The molecule has 1 aliphatic carbocycles. The van der Waals surface area contributed by atoms with Crippen LogP contribution in [0.15, 0.2) is 24.3 Å². The SMILES string of the molecule is O=C(NCCCN1C(=O)CCC1=O)c1ccc(CC2C#CCCCCC2)cc1. The molecule has 1 aromatic carbocycles. The van der Waals surface area contributed by atoms with Gasteiger partial charge in [-0.3, -0.25) is 19.3 Å². The van der Waals surface area contributed by atoms with Crippen molar-refractivity contribution in [3.63, 3.8) is 0 Å². The van der Waals surface area contributed by atoms with Gasteiger partial charge < -0.3 is 5.32 Å². The summed E-state index contributed by atoms with van der Waals surface area (Å²) >= 11 is 0. The molecule has 1 aromatic rings. The molecule has 5 heteroatoms. The normalized spacial score (nSPS) is 19.6. The molecule has 1 saturated heterocycles. The van der Waals surface area contributed by atoms with Crippen LogP contribution in [0.4, 0.5) is 0 Å². The maximum absolute atomic E-state index is 12.3. The van der Waals surface area contributed by atoms with Crippen molar-refractivity contribution in [2.24, 2.45) is 5.92 Å². The van der Waals surface area contributed by atoms with Crippen LogP contribution < -0.4 is 5.32 Å². The second kappa shape index (κ2) is 10.1. The Morgan fingerprint density at radius 1 is 1.07 bits per heavy atom. The molecule has 3 rings (SSSR count). The summed E-state index contributed by atoms with van der Waals surface area (Å²) in [7, 11) is 0. The number of carbonyl (C=O) groups excluding carboxylic acids is 3. The Kier molecular flexibility index (Phi) is 7.25. The Morgan fingerprint density at radius 3 is 2.57 bits per heavy atom. The number of imide groups is 1. The lowest BCUT2D eigenvalue weighted by Crippen LogP contribution is -2.33. The molecular formula is C23H28N2O3. The third kappa shape index (κ3) is 5.69. The average molecular weight is 380 g/mol. The van der Waals surface area contributed by atoms with E-state index in [-0.39, 0.29) is 17.7 Å². The molecule has 0 bridgehead atoms. The number of nitrogens with one attached hydrogen (secondary N) is 1. The van der Waals surface area contributed by atoms with Crippen LogP contribution in [0.1, 0.15) is 67.3 Å². The van der Waals surface area contributed by atoms with Crippen molar-refractivity contribution < 1.29 is 14.4 Å². The Bertz CT molecular complexity index is 757. The van der Waals surface area contributed by atoms with Crippen LogP contribution in [0, 0.1) is 17.8 Å². The topological polar surface area (TPSA) is 66.5 Å². The molecule has 0 saturated carbocycles. The summed E-state index contributed by atoms with van der Waals surface area (Å²) in [6.45, 7) is 0.814. The molecule has 1 fully saturated rings. The molecule has 148 valence electrons. The molecule has 28 heavy (non-hydrogen) atoms. The van der Waals surface area contributed by atoms with Gasteiger partial charge in [-0.05, 0) is 43.4 Å². The van der Waals surface area contributed by atoms with E-state index in [1.165, 1.54) is 29.7 Å². The van der Waals surface area contributed by atoms with Crippen LogP contribution in [0.25, 0.3) is 0 Å². The van der Waals surface area contributed by atoms with Crippen molar-refractivity contribution in [3.8, 4) is 11.8 Å². The Balaban J connectivity index is 1.43. The van der Waals surface area contributed by atoms with E-state index < -0.39 is 0 Å². The van der Waals surface area contributed by atoms with E-state index in [0.29, 0.717) is 43.8 Å². The van der Waals surface area contributed by atoms with Gasteiger partial charge in [0.05, 0.1) is 0 Å². The number of benzene rings is 1. The summed E-state index contributed by atoms with van der Waals surface area (Å²) in [5.41, 5.74) is 1.84. The van der Waals surface area contributed by atoms with Gasteiger partial charge in [-0.15, -0.1) is 5.92 Å². The summed E-state index contributed by atoms with van der Waals surface area (Å²) in [5.74, 6) is 6.74. The number of amides is 3. The largest absolute Gasteiger partial charge is 0.352 e. The number of hydrogen-bond donors (Lipinski definition) is 1. The first kappa shape index (κ1) is 20.1. The number of nitrogens with zero attached hydrogens (tertiary/aromatic N) is 1. The molecule has 0 aromatic heterocycles. The standard InChI is InChI=1S/C23H28N2O3/c26-21-13-14-22(27)25(21)16-6-15-24-23(28)20-11-9-19(10-12-20)17-18-7-4-2-1-3-5-8-18/h9-12,18H,1-4,6-7,13-17H2,(H,24,28). The van der Waals surface area contributed by atoms with Crippen LogP contribution in [-0.2, 0) is 16.0 Å². The maximum atomic E-state index is 12.3. The van der Waals surface area contributed by atoms with Crippen molar-refractivity contribution in [3.05, 3.63) is 35.4 Å². The minimum absolute atomic E-state index is 0.110. The van der Waals surface area contributed by atoms with Crippen LogP contribution >= 0.6 is 0 Å². The lowest BCUT2D eigenvalue weighted by atomic mass is 9.92. The van der Waals surface area contributed by atoms with Gasteiger partial charge in [0.15, 0.2) is 0 Å². The molecular weight excluding hydrogens is 352 g/mol. The summed E-state index contributed by atoms with van der Waals surface area (Å²) in [6, 6.07) is 7.73. The summed E-state index contributed by atoms with van der Waals surface area (Å²) in [5, 5.41) is 2.86. The first-order chi connectivity index (χ1) is 13.6. The first-order valence-electron chi connectivity index (χ1n) is 10.3. The van der Waals surface area contributed by atoms with Crippen molar-refractivity contribution in [1.29, 1.82) is 0 Å². The Labute approximate surface area is 166 Å². The number of hydrogen-bond acceptors (Lipinski definition) is 3. The average Bonchev–Trinajstić information content (AvgIpc) is 2.99. The molecule has 0 spiro atoms. The summed E-state index contributed by atoms with van der Waals surface area (Å²) in [6.07, 6.45) is 8.02. The number of carbonyl (C=O) groups is 3.